The normalized spacial score (nSPS) is 10.9. The molecule has 5 nitrogen and oxygen atoms in total. The molecule has 0 atom stereocenters. The molecule has 1 aromatic rings. The van der Waals surface area contributed by atoms with Crippen molar-refractivity contribution in [1.29, 1.82) is 0 Å². The van der Waals surface area contributed by atoms with Gasteiger partial charge in [0.05, 0.1) is 0 Å². The van der Waals surface area contributed by atoms with Crippen molar-refractivity contribution in [2.24, 2.45) is 5.73 Å². The molecule has 0 saturated heterocycles. The first-order valence-corrected chi connectivity index (χ1v) is 6.38. The van der Waals surface area contributed by atoms with Crippen molar-refractivity contribution < 1.29 is 9.59 Å². The highest BCUT2D eigenvalue weighted by Gasteiger charge is 2.29. The standard InChI is InChI=1S/C11H12Cl3N3O2/c12-11(13,14)9(18)16-5-7-1-3-8(4-2-7)6-17-10(15)19/h1-4H,5-6H2,(H,16,18)(H3,15,17,19). The zero-order valence-corrected chi connectivity index (χ0v) is 12.0. The number of carbonyl (C=O) groups excluding carboxylic acids is 2. The number of halogens is 3. The van der Waals surface area contributed by atoms with Crippen LogP contribution in [-0.4, -0.2) is 15.7 Å². The molecule has 1 rings (SSSR count). The van der Waals surface area contributed by atoms with Gasteiger partial charge in [-0.3, -0.25) is 4.79 Å². The number of rotatable bonds is 4. The summed E-state index contributed by atoms with van der Waals surface area (Å²) in [5.74, 6) is -0.683. The van der Waals surface area contributed by atoms with E-state index in [4.69, 9.17) is 40.5 Å². The van der Waals surface area contributed by atoms with Gasteiger partial charge in [0.1, 0.15) is 0 Å². The van der Waals surface area contributed by atoms with Gasteiger partial charge in [0.25, 0.3) is 9.70 Å². The number of alkyl halides is 3. The largest absolute Gasteiger partial charge is 0.352 e. The first-order chi connectivity index (χ1) is 8.79. The first-order valence-electron chi connectivity index (χ1n) is 5.25. The number of amides is 3. The second kappa shape index (κ2) is 6.84. The van der Waals surface area contributed by atoms with E-state index in [-0.39, 0.29) is 6.54 Å². The minimum atomic E-state index is -1.97. The van der Waals surface area contributed by atoms with Gasteiger partial charge in [0.2, 0.25) is 0 Å². The predicted octanol–water partition coefficient (Wildman–Crippen LogP) is 1.84. The highest BCUT2D eigenvalue weighted by Crippen LogP contribution is 2.25. The second-order valence-corrected chi connectivity index (χ2v) is 6.00. The van der Waals surface area contributed by atoms with Crippen molar-refractivity contribution in [2.75, 3.05) is 0 Å². The lowest BCUT2D eigenvalue weighted by Gasteiger charge is -2.11. The van der Waals surface area contributed by atoms with E-state index in [0.29, 0.717) is 6.54 Å². The van der Waals surface area contributed by atoms with Gasteiger partial charge in [-0.05, 0) is 11.1 Å². The van der Waals surface area contributed by atoms with Gasteiger partial charge in [-0.25, -0.2) is 4.79 Å². The van der Waals surface area contributed by atoms with Crippen molar-refractivity contribution >= 4 is 46.7 Å². The summed E-state index contributed by atoms with van der Waals surface area (Å²) < 4.78 is -1.97. The Morgan fingerprint density at radius 2 is 1.42 bits per heavy atom. The van der Waals surface area contributed by atoms with Crippen LogP contribution < -0.4 is 16.4 Å². The number of nitrogens with two attached hydrogens (primary N) is 1. The van der Waals surface area contributed by atoms with E-state index in [2.05, 4.69) is 10.6 Å². The van der Waals surface area contributed by atoms with Crippen molar-refractivity contribution in [3.05, 3.63) is 35.4 Å². The molecular weight excluding hydrogens is 312 g/mol. The number of benzene rings is 1. The molecule has 0 aliphatic rings. The van der Waals surface area contributed by atoms with Gasteiger partial charge in [0.15, 0.2) is 0 Å². The number of hydrogen-bond acceptors (Lipinski definition) is 2. The molecule has 0 aromatic heterocycles. The maximum atomic E-state index is 11.3. The van der Waals surface area contributed by atoms with Crippen LogP contribution in [0.1, 0.15) is 11.1 Å². The Kier molecular flexibility index (Phi) is 5.72. The molecule has 0 heterocycles. The molecular formula is C11H12Cl3N3O2. The van der Waals surface area contributed by atoms with Crippen LogP contribution in [0, 0.1) is 0 Å². The summed E-state index contributed by atoms with van der Waals surface area (Å²) in [6, 6.07) is 6.59. The Bertz CT molecular complexity index is 457. The van der Waals surface area contributed by atoms with Gasteiger partial charge in [-0.1, -0.05) is 59.1 Å². The van der Waals surface area contributed by atoms with Crippen molar-refractivity contribution in [3.63, 3.8) is 0 Å². The average molecular weight is 325 g/mol. The SMILES string of the molecule is NC(=O)NCc1ccc(CNC(=O)C(Cl)(Cl)Cl)cc1. The molecule has 0 saturated carbocycles. The zero-order chi connectivity index (χ0) is 14.5. The van der Waals surface area contributed by atoms with Crippen LogP contribution in [0.5, 0.6) is 0 Å². The first kappa shape index (κ1) is 15.9. The van der Waals surface area contributed by atoms with Gasteiger partial charge >= 0.3 is 6.03 Å². The van der Waals surface area contributed by atoms with Crippen LogP contribution in [0.2, 0.25) is 0 Å². The molecule has 8 heteroatoms. The van der Waals surface area contributed by atoms with E-state index in [1.807, 2.05) is 0 Å². The van der Waals surface area contributed by atoms with Crippen LogP contribution in [0.15, 0.2) is 24.3 Å². The Morgan fingerprint density at radius 3 is 1.79 bits per heavy atom. The fourth-order valence-corrected chi connectivity index (χ4v) is 1.45. The topological polar surface area (TPSA) is 84.2 Å². The number of carbonyl (C=O) groups is 2. The lowest BCUT2D eigenvalue weighted by atomic mass is 10.1. The third kappa shape index (κ3) is 6.00. The monoisotopic (exact) mass is 323 g/mol. The Labute approximate surface area is 125 Å². The summed E-state index contributed by atoms with van der Waals surface area (Å²) in [7, 11) is 0. The van der Waals surface area contributed by atoms with Crippen LogP contribution in [0.4, 0.5) is 4.79 Å². The number of hydrogen-bond donors (Lipinski definition) is 3. The Balaban J connectivity index is 2.49. The zero-order valence-electron chi connectivity index (χ0n) is 9.75. The van der Waals surface area contributed by atoms with E-state index >= 15 is 0 Å². The van der Waals surface area contributed by atoms with E-state index in [1.165, 1.54) is 0 Å². The van der Waals surface area contributed by atoms with E-state index < -0.39 is 15.7 Å². The molecule has 4 N–H and O–H groups in total. The molecule has 0 radical (unpaired) electrons. The molecule has 19 heavy (non-hydrogen) atoms. The predicted molar refractivity (Wildman–Crippen MR) is 75.0 cm³/mol. The minimum Gasteiger partial charge on any atom is -0.352 e. The minimum absolute atomic E-state index is 0.246. The Hall–Kier alpha value is -1.17. The van der Waals surface area contributed by atoms with Gasteiger partial charge in [-0.2, -0.15) is 0 Å². The maximum Gasteiger partial charge on any atom is 0.312 e. The summed E-state index contributed by atoms with van der Waals surface area (Å²) >= 11 is 16.2. The van der Waals surface area contributed by atoms with Gasteiger partial charge in [0, 0.05) is 13.1 Å². The van der Waals surface area contributed by atoms with Crippen molar-refractivity contribution in [3.8, 4) is 0 Å². The molecule has 0 unspecified atom stereocenters. The van der Waals surface area contributed by atoms with E-state index in [0.717, 1.165) is 11.1 Å². The molecule has 104 valence electrons. The fourth-order valence-electron chi connectivity index (χ4n) is 1.25. The van der Waals surface area contributed by atoms with E-state index in [9.17, 15) is 9.59 Å². The lowest BCUT2D eigenvalue weighted by molar-refractivity contribution is -0.120. The summed E-state index contributed by atoms with van der Waals surface area (Å²) in [5.41, 5.74) is 6.68. The second-order valence-electron chi connectivity index (χ2n) is 3.71. The fraction of sp³-hybridized carbons (Fsp3) is 0.273. The summed E-state index contributed by atoms with van der Waals surface area (Å²) in [6.07, 6.45) is 0. The van der Waals surface area contributed by atoms with Crippen LogP contribution in [0.25, 0.3) is 0 Å². The van der Waals surface area contributed by atoms with Crippen LogP contribution in [0.3, 0.4) is 0 Å². The quantitative estimate of drug-likeness (QED) is 0.738. The molecule has 0 aliphatic carbocycles. The molecule has 0 fully saturated rings. The number of urea groups is 1. The van der Waals surface area contributed by atoms with E-state index in [1.54, 1.807) is 24.3 Å². The molecule has 1 aromatic carbocycles. The number of nitrogens with one attached hydrogen (secondary N) is 2. The lowest BCUT2D eigenvalue weighted by Crippen LogP contribution is -2.34. The highest BCUT2D eigenvalue weighted by molar-refractivity contribution is 6.76. The van der Waals surface area contributed by atoms with Crippen LogP contribution >= 0.6 is 34.8 Å². The van der Waals surface area contributed by atoms with Gasteiger partial charge in [-0.15, -0.1) is 0 Å². The molecule has 0 aliphatic heterocycles. The summed E-state index contributed by atoms with van der Waals surface area (Å²) in [5, 5.41) is 4.95. The molecule has 0 bridgehead atoms. The van der Waals surface area contributed by atoms with Crippen LogP contribution in [-0.2, 0) is 17.9 Å². The maximum absolute atomic E-state index is 11.3. The highest BCUT2D eigenvalue weighted by atomic mass is 35.6. The molecule has 0 spiro atoms. The third-order valence-corrected chi connectivity index (χ3v) is 2.72. The smallest absolute Gasteiger partial charge is 0.312 e. The Morgan fingerprint density at radius 1 is 1.00 bits per heavy atom. The molecule has 3 amide bonds. The number of primary amides is 1. The van der Waals surface area contributed by atoms with Crippen molar-refractivity contribution in [1.82, 2.24) is 10.6 Å². The van der Waals surface area contributed by atoms with Gasteiger partial charge < -0.3 is 16.4 Å². The average Bonchev–Trinajstić information content (AvgIpc) is 2.33. The summed E-state index contributed by atoms with van der Waals surface area (Å²) in [4.78, 5) is 21.9. The third-order valence-electron chi connectivity index (χ3n) is 2.20. The van der Waals surface area contributed by atoms with Crippen molar-refractivity contribution in [2.45, 2.75) is 16.9 Å². The summed E-state index contributed by atoms with van der Waals surface area (Å²) in [6.45, 7) is 0.590.